The van der Waals surface area contributed by atoms with Gasteiger partial charge in [-0.2, -0.15) is 0 Å². The van der Waals surface area contributed by atoms with Crippen molar-refractivity contribution in [3.63, 3.8) is 0 Å². The minimum absolute atomic E-state index is 0. The van der Waals surface area contributed by atoms with Crippen molar-refractivity contribution in [3.05, 3.63) is 169 Å². The van der Waals surface area contributed by atoms with E-state index in [1.807, 2.05) is 24.3 Å². The molecule has 0 spiro atoms. The summed E-state index contributed by atoms with van der Waals surface area (Å²) in [6.07, 6.45) is 15.7. The van der Waals surface area contributed by atoms with Gasteiger partial charge >= 0.3 is 29.6 Å². The van der Waals surface area contributed by atoms with Crippen molar-refractivity contribution in [2.45, 2.75) is 18.7 Å². The number of ketones is 3. The first kappa shape index (κ1) is 49.0. The van der Waals surface area contributed by atoms with E-state index in [2.05, 4.69) is 64.2 Å². The summed E-state index contributed by atoms with van der Waals surface area (Å²) in [5.41, 5.74) is 3.13. The topological polar surface area (TPSA) is 132 Å². The van der Waals surface area contributed by atoms with E-state index in [4.69, 9.17) is 8.83 Å². The van der Waals surface area contributed by atoms with Crippen LogP contribution in [0.25, 0.3) is 40.2 Å². The number of phenolic OH excluding ortho intramolecular Hbond substituents is 1. The number of hydrogen-bond donors (Lipinski definition) is 2. The molecule has 0 radical (unpaired) electrons. The first-order valence-corrected chi connectivity index (χ1v) is 18.0. The summed E-state index contributed by atoms with van der Waals surface area (Å²) in [4.78, 5) is 58.5. The molecule has 5 rings (SSSR count). The molecule has 0 amide bonds. The van der Waals surface area contributed by atoms with Gasteiger partial charge in [-0.15, -0.1) is 12.6 Å². The molecule has 0 bridgehead atoms. The van der Waals surface area contributed by atoms with Crippen LogP contribution in [0.5, 0.6) is 5.75 Å². The number of allylic oxidation sites excluding steroid dienone is 6. The Morgan fingerprint density at radius 1 is 0.727 bits per heavy atom. The van der Waals surface area contributed by atoms with Crippen molar-refractivity contribution in [3.8, 4) is 5.75 Å². The Bertz CT molecular complexity index is 2330. The van der Waals surface area contributed by atoms with Crippen LogP contribution < -0.4 is 40.4 Å². The summed E-state index contributed by atoms with van der Waals surface area (Å²) < 4.78 is 11.0. The van der Waals surface area contributed by atoms with Gasteiger partial charge in [0.25, 0.3) is 0 Å². The number of alkyl halides is 1. The zero-order valence-corrected chi connectivity index (χ0v) is 37.1. The summed E-state index contributed by atoms with van der Waals surface area (Å²) in [6.45, 7) is 13.4. The van der Waals surface area contributed by atoms with Crippen LogP contribution in [0.15, 0.2) is 139 Å². The first-order chi connectivity index (χ1) is 25.3. The minimum atomic E-state index is -0.320. The second-order valence-corrected chi connectivity index (χ2v) is 12.7. The van der Waals surface area contributed by atoms with Gasteiger partial charge in [0.2, 0.25) is 10.9 Å². The van der Waals surface area contributed by atoms with Gasteiger partial charge in [0.15, 0.2) is 28.9 Å². The predicted molar refractivity (Wildman–Crippen MR) is 233 cm³/mol. The fourth-order valence-corrected chi connectivity index (χ4v) is 5.75. The zero-order valence-electron chi connectivity index (χ0n) is 30.2. The molecule has 13 heteroatoms. The van der Waals surface area contributed by atoms with Gasteiger partial charge < -0.3 is 27.4 Å². The summed E-state index contributed by atoms with van der Waals surface area (Å²) in [5, 5.41) is 10.5. The average molecular weight is 915 g/mol. The van der Waals surface area contributed by atoms with E-state index in [0.717, 1.165) is 16.7 Å². The van der Waals surface area contributed by atoms with Crippen LogP contribution in [-0.4, -0.2) is 27.8 Å². The number of Topliss-reactive ketones (excluding diaryl/α,β-unsaturated/α-hetero) is 3. The Hall–Kier alpha value is -4.01. The Morgan fingerprint density at radius 3 is 1.58 bits per heavy atom. The van der Waals surface area contributed by atoms with Gasteiger partial charge in [-0.3, -0.25) is 24.0 Å². The molecule has 278 valence electrons. The normalized spacial score (nSPS) is 10.5. The van der Waals surface area contributed by atoms with Gasteiger partial charge in [0.1, 0.15) is 21.4 Å². The van der Waals surface area contributed by atoms with Crippen molar-refractivity contribution in [1.29, 1.82) is 0 Å². The van der Waals surface area contributed by atoms with E-state index in [9.17, 15) is 29.1 Å². The smallest absolute Gasteiger partial charge is 0.813 e. The Labute approximate surface area is 369 Å². The number of thiol groups is 2. The maximum absolute atomic E-state index is 12.2. The molecular formula is C42H35Br2NaO8S2. The molecular weight excluding hydrogens is 879 g/mol. The van der Waals surface area contributed by atoms with Crippen LogP contribution >= 0.6 is 44.5 Å². The van der Waals surface area contributed by atoms with E-state index in [1.54, 1.807) is 78.9 Å². The Kier molecular flexibility index (Phi) is 21.2. The number of carbonyl (C=O) groups is 3. The number of phenols is 1. The molecule has 0 fully saturated rings. The van der Waals surface area contributed by atoms with E-state index >= 15 is 0 Å². The van der Waals surface area contributed by atoms with E-state index in [-0.39, 0.29) is 103 Å². The molecule has 2 aromatic heterocycles. The van der Waals surface area contributed by atoms with Crippen molar-refractivity contribution >= 4 is 116 Å². The van der Waals surface area contributed by atoms with Crippen LogP contribution in [0.3, 0.4) is 0 Å². The Balaban J connectivity index is 0.000000409. The van der Waals surface area contributed by atoms with Gasteiger partial charge in [0.05, 0.1) is 26.6 Å². The molecule has 2 heterocycles. The molecule has 0 aliphatic carbocycles. The van der Waals surface area contributed by atoms with Gasteiger partial charge in [-0.05, 0) is 69.0 Å². The van der Waals surface area contributed by atoms with Crippen molar-refractivity contribution in [2.24, 2.45) is 0 Å². The third-order valence-electron chi connectivity index (χ3n) is 7.11. The third kappa shape index (κ3) is 13.3. The number of carbonyl (C=O) groups excluding carboxylic acids is 3. The summed E-state index contributed by atoms with van der Waals surface area (Å²) in [6, 6.07) is 15.3. The predicted octanol–water partition coefficient (Wildman–Crippen LogP) is 7.34. The van der Waals surface area contributed by atoms with Crippen molar-refractivity contribution < 1.29 is 57.9 Å². The van der Waals surface area contributed by atoms with Gasteiger partial charge in [-0.1, -0.05) is 109 Å². The molecule has 3 aromatic carbocycles. The fraction of sp³-hybridized carbons (Fsp3) is 0.0714. The minimum Gasteiger partial charge on any atom is -0.813 e. The van der Waals surface area contributed by atoms with E-state index in [0.29, 0.717) is 27.5 Å². The van der Waals surface area contributed by atoms with Crippen molar-refractivity contribution in [2.75, 3.05) is 5.33 Å². The first-order valence-electron chi connectivity index (χ1n) is 15.6. The Morgan fingerprint density at radius 2 is 1.15 bits per heavy atom. The van der Waals surface area contributed by atoms with Crippen LogP contribution in [0.4, 0.5) is 0 Å². The number of hydrogen-bond acceptors (Lipinski definition) is 10. The SMILES string of the molecule is C=C/C=C/c1ccc(O)c(C(=O)CBr)c1.C=C/C=C/c1ccc2oc(C(C)=O)c(Br)c(=O)c2c1.C=C/C=C/c1ccc2oc(C(C)=O)c(S)c(=O)c2c1.[Na+].[SH-]. The molecule has 0 saturated heterocycles. The number of rotatable bonds is 10. The molecule has 0 atom stereocenters. The van der Waals surface area contributed by atoms with Gasteiger partial charge in [0, 0.05) is 13.8 Å². The standard InChI is InChI=1S/C15H11BrO3.C15H12O3S.C12H11BrO2.Na.H2S/c1-3-4-5-10-6-7-12-11(8-10)14(18)13(16)15(19-12)9(2)17;1-3-4-5-10-6-7-12-11(8-10)13(17)15(19)14(18-12)9(2)16;1-2-3-4-9-5-6-11(14)10(7-9)12(15)8-13;;/h3-8H,1H2,2H3;3-8,19H,1H2,2H3;2-7,14H,1,8H2;;1H2/q;;;+1;/p-1/b2*5-4+;4-3+;;. The molecule has 1 N–H and O–H groups in total. The van der Waals surface area contributed by atoms with Crippen LogP contribution in [0.2, 0.25) is 0 Å². The van der Waals surface area contributed by atoms with Crippen LogP contribution in [0.1, 0.15) is 62.0 Å². The quantitative estimate of drug-likeness (QED) is 0.0369. The largest absolute Gasteiger partial charge is 1.00 e. The molecule has 0 saturated carbocycles. The third-order valence-corrected chi connectivity index (χ3v) is 8.74. The number of benzene rings is 3. The maximum atomic E-state index is 12.2. The van der Waals surface area contributed by atoms with Crippen LogP contribution in [-0.2, 0) is 13.5 Å². The molecule has 0 aliphatic rings. The summed E-state index contributed by atoms with van der Waals surface area (Å²) in [5.74, 6) is -0.695. The monoisotopic (exact) mass is 912 g/mol. The molecule has 0 unspecified atom stereocenters. The average Bonchev–Trinajstić information content (AvgIpc) is 3.15. The summed E-state index contributed by atoms with van der Waals surface area (Å²) >= 11 is 10.3. The van der Waals surface area contributed by atoms with E-state index < -0.39 is 0 Å². The fourth-order valence-electron chi connectivity index (χ4n) is 4.56. The molecule has 8 nitrogen and oxygen atoms in total. The van der Waals surface area contributed by atoms with E-state index in [1.165, 1.54) is 19.9 Å². The summed E-state index contributed by atoms with van der Waals surface area (Å²) in [7, 11) is 0. The molecule has 0 aliphatic heterocycles. The van der Waals surface area contributed by atoms with Gasteiger partial charge in [-0.25, -0.2) is 0 Å². The second kappa shape index (κ2) is 23.8. The zero-order chi connectivity index (χ0) is 39.2. The second-order valence-electron chi connectivity index (χ2n) is 10.9. The number of halogens is 2. The molecule has 5 aromatic rings. The van der Waals surface area contributed by atoms with Crippen LogP contribution in [0, 0.1) is 0 Å². The molecule has 55 heavy (non-hydrogen) atoms. The number of fused-ring (bicyclic) bond motifs is 2. The number of aromatic hydroxyl groups is 1. The van der Waals surface area contributed by atoms with Crippen molar-refractivity contribution in [1.82, 2.24) is 0 Å². The maximum Gasteiger partial charge on any atom is 1.00 e.